The molecule has 0 spiro atoms. The van der Waals surface area contributed by atoms with E-state index in [4.69, 9.17) is 4.74 Å². The van der Waals surface area contributed by atoms with Crippen molar-refractivity contribution in [3.8, 4) is 5.75 Å². The zero-order valence-electron chi connectivity index (χ0n) is 17.4. The second-order valence-corrected chi connectivity index (χ2v) is 6.39. The normalized spacial score (nSPS) is 10.7. The van der Waals surface area contributed by atoms with Gasteiger partial charge in [-0.1, -0.05) is 24.3 Å². The molecular weight excluding hydrogens is 498 g/mol. The van der Waals surface area contributed by atoms with Crippen LogP contribution in [-0.2, 0) is 17.8 Å². The van der Waals surface area contributed by atoms with Crippen LogP contribution in [0.3, 0.4) is 0 Å². The first-order chi connectivity index (χ1) is 14.1. The number of rotatable bonds is 10. The summed E-state index contributed by atoms with van der Waals surface area (Å²) in [5.41, 5.74) is 1.91. The standard InChI is InChI=1S/C22H29FN4O2.HI/c1-3-24-21(28)16-29-20-10-6-8-18(14-20)15-27-22(25-4-2)26-12-11-17-7-5-9-19(23)13-17;/h5-10,13-14H,3-4,11-12,15-16H2,1-2H3,(H,24,28)(H2,25,26,27);1H. The van der Waals surface area contributed by atoms with Crippen LogP contribution in [0.2, 0.25) is 0 Å². The molecule has 0 heterocycles. The third-order valence-electron chi connectivity index (χ3n) is 4.00. The molecule has 0 fully saturated rings. The maximum Gasteiger partial charge on any atom is 0.257 e. The van der Waals surface area contributed by atoms with E-state index in [-0.39, 0.29) is 42.3 Å². The Kier molecular flexibility index (Phi) is 12.5. The van der Waals surface area contributed by atoms with E-state index in [0.29, 0.717) is 37.8 Å². The summed E-state index contributed by atoms with van der Waals surface area (Å²) in [5, 5.41) is 9.16. The first-order valence-electron chi connectivity index (χ1n) is 9.85. The fourth-order valence-electron chi connectivity index (χ4n) is 2.66. The van der Waals surface area contributed by atoms with E-state index in [2.05, 4.69) is 20.9 Å². The van der Waals surface area contributed by atoms with Crippen molar-refractivity contribution in [2.45, 2.75) is 26.8 Å². The summed E-state index contributed by atoms with van der Waals surface area (Å²) in [5.74, 6) is 0.954. The second-order valence-electron chi connectivity index (χ2n) is 6.39. The first-order valence-corrected chi connectivity index (χ1v) is 9.85. The molecule has 0 atom stereocenters. The van der Waals surface area contributed by atoms with Crippen LogP contribution in [0.15, 0.2) is 53.5 Å². The number of hydrogen-bond donors (Lipinski definition) is 3. The molecule has 0 bridgehead atoms. The molecule has 0 unspecified atom stereocenters. The highest BCUT2D eigenvalue weighted by Crippen LogP contribution is 2.14. The number of likely N-dealkylation sites (N-methyl/N-ethyl adjacent to an activating group) is 1. The molecular formula is C22H30FIN4O2. The van der Waals surface area contributed by atoms with Gasteiger partial charge >= 0.3 is 0 Å². The molecule has 0 aliphatic rings. The van der Waals surface area contributed by atoms with E-state index in [0.717, 1.165) is 17.7 Å². The minimum atomic E-state index is -0.225. The topological polar surface area (TPSA) is 74.8 Å². The molecule has 3 N–H and O–H groups in total. The molecule has 0 aromatic heterocycles. The molecule has 0 aliphatic heterocycles. The van der Waals surface area contributed by atoms with Crippen LogP contribution in [0.1, 0.15) is 25.0 Å². The van der Waals surface area contributed by atoms with Gasteiger partial charge in [0.25, 0.3) is 5.91 Å². The van der Waals surface area contributed by atoms with Crippen LogP contribution in [0, 0.1) is 5.82 Å². The van der Waals surface area contributed by atoms with Crippen LogP contribution in [0.25, 0.3) is 0 Å². The SMILES string of the molecule is CCNC(=O)COc1cccc(CN=C(NCC)NCCc2cccc(F)c2)c1.I. The van der Waals surface area contributed by atoms with Crippen molar-refractivity contribution in [1.29, 1.82) is 0 Å². The Labute approximate surface area is 194 Å². The molecule has 2 aromatic carbocycles. The van der Waals surface area contributed by atoms with Crippen molar-refractivity contribution in [3.63, 3.8) is 0 Å². The maximum absolute atomic E-state index is 13.3. The van der Waals surface area contributed by atoms with E-state index in [1.807, 2.05) is 44.2 Å². The van der Waals surface area contributed by atoms with Crippen molar-refractivity contribution in [1.82, 2.24) is 16.0 Å². The smallest absolute Gasteiger partial charge is 0.257 e. The van der Waals surface area contributed by atoms with Gasteiger partial charge in [0.1, 0.15) is 11.6 Å². The first kappa shape index (κ1) is 25.7. The van der Waals surface area contributed by atoms with Gasteiger partial charge in [0.05, 0.1) is 6.54 Å². The van der Waals surface area contributed by atoms with E-state index < -0.39 is 0 Å². The molecule has 2 rings (SSSR count). The predicted octanol–water partition coefficient (Wildman–Crippen LogP) is 3.26. The minimum Gasteiger partial charge on any atom is -0.484 e. The van der Waals surface area contributed by atoms with Crippen molar-refractivity contribution in [3.05, 3.63) is 65.5 Å². The zero-order valence-corrected chi connectivity index (χ0v) is 19.7. The monoisotopic (exact) mass is 528 g/mol. The Balaban J connectivity index is 0.00000450. The third kappa shape index (κ3) is 9.91. The van der Waals surface area contributed by atoms with Gasteiger partial charge in [-0.15, -0.1) is 24.0 Å². The highest BCUT2D eigenvalue weighted by Gasteiger charge is 2.03. The average molecular weight is 528 g/mol. The number of aliphatic imine (C=N–C) groups is 1. The second kappa shape index (κ2) is 14.6. The van der Waals surface area contributed by atoms with Gasteiger partial charge in [-0.2, -0.15) is 0 Å². The number of hydrogen-bond acceptors (Lipinski definition) is 3. The molecule has 0 saturated heterocycles. The van der Waals surface area contributed by atoms with Gasteiger partial charge in [-0.25, -0.2) is 9.38 Å². The lowest BCUT2D eigenvalue weighted by atomic mass is 10.1. The molecule has 0 radical (unpaired) electrons. The quantitative estimate of drug-likeness (QED) is 0.252. The molecule has 2 aromatic rings. The van der Waals surface area contributed by atoms with Crippen molar-refractivity contribution in [2.75, 3.05) is 26.2 Å². The zero-order chi connectivity index (χ0) is 20.9. The predicted molar refractivity (Wildman–Crippen MR) is 129 cm³/mol. The number of guanidine groups is 1. The largest absolute Gasteiger partial charge is 0.484 e. The highest BCUT2D eigenvalue weighted by atomic mass is 127. The number of benzene rings is 2. The van der Waals surface area contributed by atoms with Gasteiger partial charge < -0.3 is 20.7 Å². The molecule has 164 valence electrons. The Morgan fingerprint density at radius 1 is 1.00 bits per heavy atom. The Morgan fingerprint density at radius 3 is 2.47 bits per heavy atom. The van der Waals surface area contributed by atoms with Gasteiger partial charge in [0.2, 0.25) is 0 Å². The molecule has 30 heavy (non-hydrogen) atoms. The van der Waals surface area contributed by atoms with Gasteiger partial charge in [0, 0.05) is 19.6 Å². The van der Waals surface area contributed by atoms with Crippen molar-refractivity contribution >= 4 is 35.8 Å². The van der Waals surface area contributed by atoms with E-state index >= 15 is 0 Å². The van der Waals surface area contributed by atoms with Crippen molar-refractivity contribution in [2.24, 2.45) is 4.99 Å². The maximum atomic E-state index is 13.3. The summed E-state index contributed by atoms with van der Waals surface area (Å²) in [6.07, 6.45) is 0.700. The summed E-state index contributed by atoms with van der Waals surface area (Å²) >= 11 is 0. The number of nitrogens with zero attached hydrogens (tertiary/aromatic N) is 1. The summed E-state index contributed by atoms with van der Waals surface area (Å²) in [7, 11) is 0. The fraction of sp³-hybridized carbons (Fsp3) is 0.364. The van der Waals surface area contributed by atoms with Crippen LogP contribution in [0.4, 0.5) is 4.39 Å². The van der Waals surface area contributed by atoms with Crippen LogP contribution >= 0.6 is 24.0 Å². The number of nitrogens with one attached hydrogen (secondary N) is 3. The minimum absolute atomic E-state index is 0. The van der Waals surface area contributed by atoms with Crippen LogP contribution < -0.4 is 20.7 Å². The number of ether oxygens (including phenoxy) is 1. The summed E-state index contributed by atoms with van der Waals surface area (Å²) in [6.45, 7) is 6.28. The van der Waals surface area contributed by atoms with Gasteiger partial charge in [-0.05, 0) is 55.7 Å². The number of carbonyl (C=O) groups is 1. The Hall–Kier alpha value is -2.36. The fourth-order valence-corrected chi connectivity index (χ4v) is 2.66. The van der Waals surface area contributed by atoms with Gasteiger partial charge in [0.15, 0.2) is 12.6 Å². The lowest BCUT2D eigenvalue weighted by Gasteiger charge is -2.12. The summed E-state index contributed by atoms with van der Waals surface area (Å²) < 4.78 is 18.8. The number of halogens is 2. The molecule has 8 heteroatoms. The van der Waals surface area contributed by atoms with E-state index in [1.54, 1.807) is 6.07 Å². The Bertz CT molecular complexity index is 817. The summed E-state index contributed by atoms with van der Waals surface area (Å²) in [6, 6.07) is 14.1. The highest BCUT2D eigenvalue weighted by molar-refractivity contribution is 14.0. The van der Waals surface area contributed by atoms with Crippen molar-refractivity contribution < 1.29 is 13.9 Å². The van der Waals surface area contributed by atoms with E-state index in [1.165, 1.54) is 12.1 Å². The summed E-state index contributed by atoms with van der Waals surface area (Å²) in [4.78, 5) is 16.1. The average Bonchev–Trinajstić information content (AvgIpc) is 2.71. The molecule has 0 saturated carbocycles. The molecule has 6 nitrogen and oxygen atoms in total. The Morgan fingerprint density at radius 2 is 1.73 bits per heavy atom. The third-order valence-corrected chi connectivity index (χ3v) is 4.00. The molecule has 0 aliphatic carbocycles. The van der Waals surface area contributed by atoms with Crippen LogP contribution in [0.5, 0.6) is 5.75 Å². The van der Waals surface area contributed by atoms with Crippen LogP contribution in [-0.4, -0.2) is 38.1 Å². The molecule has 1 amide bonds. The van der Waals surface area contributed by atoms with Gasteiger partial charge in [-0.3, -0.25) is 4.79 Å². The number of carbonyl (C=O) groups excluding carboxylic acids is 1. The lowest BCUT2D eigenvalue weighted by molar-refractivity contribution is -0.122. The lowest BCUT2D eigenvalue weighted by Crippen LogP contribution is -2.38. The number of amides is 1. The van der Waals surface area contributed by atoms with E-state index in [9.17, 15) is 9.18 Å².